The third-order valence-electron chi connectivity index (χ3n) is 3.59. The zero-order valence-corrected chi connectivity index (χ0v) is 13.4. The van der Waals surface area contributed by atoms with Crippen LogP contribution < -0.4 is 4.74 Å². The van der Waals surface area contributed by atoms with Crippen molar-refractivity contribution < 1.29 is 24.2 Å². The molecule has 6 nitrogen and oxygen atoms in total. The lowest BCUT2D eigenvalue weighted by molar-refractivity contribution is -0.136. The Morgan fingerprint density at radius 3 is 2.68 bits per heavy atom. The van der Waals surface area contributed by atoms with Gasteiger partial charge in [-0.05, 0) is 35.9 Å². The second kappa shape index (κ2) is 7.00. The maximum Gasteiger partial charge on any atom is 0.363 e. The van der Waals surface area contributed by atoms with Crippen LogP contribution in [0.5, 0.6) is 5.75 Å². The number of esters is 1. The molecule has 6 heteroatoms. The molecule has 2 aromatic carbocycles. The number of carbonyl (C=O) groups excluding carboxylic acids is 1. The fourth-order valence-electron chi connectivity index (χ4n) is 2.46. The monoisotopic (exact) mass is 337 g/mol. The number of ether oxygens (including phenoxy) is 2. The van der Waals surface area contributed by atoms with E-state index in [0.717, 1.165) is 0 Å². The van der Waals surface area contributed by atoms with Crippen molar-refractivity contribution in [2.75, 3.05) is 7.11 Å². The highest BCUT2D eigenvalue weighted by Crippen LogP contribution is 2.24. The van der Waals surface area contributed by atoms with Gasteiger partial charge < -0.3 is 14.6 Å². The van der Waals surface area contributed by atoms with Crippen LogP contribution in [0.2, 0.25) is 0 Å². The van der Waals surface area contributed by atoms with Crippen LogP contribution in [0, 0.1) is 0 Å². The molecule has 126 valence electrons. The highest BCUT2D eigenvalue weighted by molar-refractivity contribution is 6.12. The van der Waals surface area contributed by atoms with Crippen LogP contribution >= 0.6 is 0 Å². The van der Waals surface area contributed by atoms with Gasteiger partial charge in [0.2, 0.25) is 5.90 Å². The lowest BCUT2D eigenvalue weighted by Gasteiger charge is -2.07. The fourth-order valence-corrected chi connectivity index (χ4v) is 2.46. The molecule has 0 fully saturated rings. The van der Waals surface area contributed by atoms with Crippen molar-refractivity contribution in [3.05, 3.63) is 70.9 Å². The Bertz CT molecular complexity index is 884. The van der Waals surface area contributed by atoms with E-state index in [1.165, 1.54) is 7.11 Å². The van der Waals surface area contributed by atoms with Gasteiger partial charge in [0, 0.05) is 11.1 Å². The van der Waals surface area contributed by atoms with E-state index >= 15 is 0 Å². The zero-order valence-electron chi connectivity index (χ0n) is 13.4. The fraction of sp³-hybridized carbons (Fsp3) is 0.105. The van der Waals surface area contributed by atoms with Gasteiger partial charge in [-0.25, -0.2) is 9.79 Å². The van der Waals surface area contributed by atoms with Crippen molar-refractivity contribution in [2.45, 2.75) is 6.42 Å². The summed E-state index contributed by atoms with van der Waals surface area (Å²) >= 11 is 0. The minimum Gasteiger partial charge on any atom is -0.496 e. The number of hydrogen-bond donors (Lipinski definition) is 1. The molecule has 1 aliphatic rings. The number of carboxylic acids is 1. The number of benzene rings is 2. The minimum absolute atomic E-state index is 0.158. The average Bonchev–Trinajstić information content (AvgIpc) is 2.96. The van der Waals surface area contributed by atoms with Crippen molar-refractivity contribution in [3.8, 4) is 5.75 Å². The largest absolute Gasteiger partial charge is 0.496 e. The zero-order chi connectivity index (χ0) is 17.8. The van der Waals surface area contributed by atoms with E-state index in [2.05, 4.69) is 4.99 Å². The Morgan fingerprint density at radius 1 is 1.24 bits per heavy atom. The standard InChI is InChI=1S/C19H15NO5/c1-24-16-8-7-12(9-14(16)11-17(21)22)10-15-19(23)25-18(20-15)13-5-3-2-4-6-13/h2-10H,11H2,1H3,(H,21,22)/b15-10-. The van der Waals surface area contributed by atoms with E-state index in [0.29, 0.717) is 22.4 Å². The molecule has 0 saturated heterocycles. The molecule has 0 aromatic heterocycles. The molecular weight excluding hydrogens is 322 g/mol. The third-order valence-corrected chi connectivity index (χ3v) is 3.59. The maximum atomic E-state index is 12.0. The van der Waals surface area contributed by atoms with Gasteiger partial charge in [0.25, 0.3) is 0 Å². The van der Waals surface area contributed by atoms with E-state index in [9.17, 15) is 9.59 Å². The predicted molar refractivity (Wildman–Crippen MR) is 91.4 cm³/mol. The summed E-state index contributed by atoms with van der Waals surface area (Å²) in [7, 11) is 1.48. The highest BCUT2D eigenvalue weighted by atomic mass is 16.6. The summed E-state index contributed by atoms with van der Waals surface area (Å²) < 4.78 is 10.4. The van der Waals surface area contributed by atoms with Gasteiger partial charge in [-0.15, -0.1) is 0 Å². The molecule has 25 heavy (non-hydrogen) atoms. The van der Waals surface area contributed by atoms with Gasteiger partial charge in [-0.2, -0.15) is 0 Å². The predicted octanol–water partition coefficient (Wildman–Crippen LogP) is 2.67. The van der Waals surface area contributed by atoms with E-state index in [1.807, 2.05) is 18.2 Å². The first-order chi connectivity index (χ1) is 12.1. The summed E-state index contributed by atoms with van der Waals surface area (Å²) in [6, 6.07) is 14.2. The normalized spacial score (nSPS) is 15.0. The average molecular weight is 337 g/mol. The number of cyclic esters (lactones) is 1. The Labute approximate surface area is 144 Å². The molecule has 0 amide bonds. The summed E-state index contributed by atoms with van der Waals surface area (Å²) in [4.78, 5) is 27.2. The number of aliphatic carboxylic acids is 1. The number of methoxy groups -OCH3 is 1. The molecule has 1 N–H and O–H groups in total. The number of carboxylic acid groups (broad SMARTS) is 1. The summed E-state index contributed by atoms with van der Waals surface area (Å²) in [5, 5.41) is 9.00. The van der Waals surface area contributed by atoms with Crippen molar-refractivity contribution in [1.29, 1.82) is 0 Å². The second-order valence-electron chi connectivity index (χ2n) is 5.34. The number of carbonyl (C=O) groups is 2. The summed E-state index contributed by atoms with van der Waals surface area (Å²) in [6.45, 7) is 0. The molecule has 0 radical (unpaired) electrons. The van der Waals surface area contributed by atoms with Gasteiger partial charge in [0.1, 0.15) is 5.75 Å². The van der Waals surface area contributed by atoms with Crippen molar-refractivity contribution in [1.82, 2.24) is 0 Å². The Hall–Kier alpha value is -3.41. The second-order valence-corrected chi connectivity index (χ2v) is 5.34. The van der Waals surface area contributed by atoms with Crippen LogP contribution in [0.1, 0.15) is 16.7 Å². The number of aliphatic imine (C=N–C) groups is 1. The Balaban J connectivity index is 1.93. The number of rotatable bonds is 5. The molecule has 1 aliphatic heterocycles. The number of nitrogens with zero attached hydrogens (tertiary/aromatic N) is 1. The van der Waals surface area contributed by atoms with Crippen LogP contribution in [-0.4, -0.2) is 30.1 Å². The van der Waals surface area contributed by atoms with Gasteiger partial charge in [-0.3, -0.25) is 4.79 Å². The number of hydrogen-bond acceptors (Lipinski definition) is 5. The van der Waals surface area contributed by atoms with Crippen LogP contribution in [0.3, 0.4) is 0 Å². The third kappa shape index (κ3) is 3.74. The molecule has 2 aromatic rings. The lowest BCUT2D eigenvalue weighted by atomic mass is 10.1. The summed E-state index contributed by atoms with van der Waals surface area (Å²) in [5.41, 5.74) is 2.02. The highest BCUT2D eigenvalue weighted by Gasteiger charge is 2.24. The molecule has 0 bridgehead atoms. The van der Waals surface area contributed by atoms with E-state index < -0.39 is 11.9 Å². The van der Waals surface area contributed by atoms with Gasteiger partial charge in [-0.1, -0.05) is 24.3 Å². The maximum absolute atomic E-state index is 12.0. The topological polar surface area (TPSA) is 85.2 Å². The molecule has 3 rings (SSSR count). The summed E-state index contributed by atoms with van der Waals surface area (Å²) in [5.74, 6) is -0.787. The molecule has 0 aliphatic carbocycles. The lowest BCUT2D eigenvalue weighted by Crippen LogP contribution is -2.05. The van der Waals surface area contributed by atoms with Crippen LogP contribution in [0.4, 0.5) is 0 Å². The summed E-state index contributed by atoms with van der Waals surface area (Å²) in [6.07, 6.45) is 1.38. The van der Waals surface area contributed by atoms with E-state index in [4.69, 9.17) is 14.6 Å². The quantitative estimate of drug-likeness (QED) is 0.670. The van der Waals surface area contributed by atoms with Crippen molar-refractivity contribution >= 4 is 23.9 Å². The molecule has 0 spiro atoms. The van der Waals surface area contributed by atoms with E-state index in [1.54, 1.807) is 36.4 Å². The van der Waals surface area contributed by atoms with Crippen molar-refractivity contribution in [3.63, 3.8) is 0 Å². The molecular formula is C19H15NO5. The van der Waals surface area contributed by atoms with Gasteiger partial charge >= 0.3 is 11.9 Å². The van der Waals surface area contributed by atoms with E-state index in [-0.39, 0.29) is 18.0 Å². The molecule has 1 heterocycles. The SMILES string of the molecule is COc1ccc(/C=C2\N=C(c3ccccc3)OC2=O)cc1CC(=O)O. The Kier molecular flexibility index (Phi) is 4.61. The van der Waals surface area contributed by atoms with Gasteiger partial charge in [0.15, 0.2) is 5.70 Å². The minimum atomic E-state index is -0.965. The van der Waals surface area contributed by atoms with Gasteiger partial charge in [0.05, 0.1) is 13.5 Å². The van der Waals surface area contributed by atoms with Crippen LogP contribution in [0.25, 0.3) is 6.08 Å². The molecule has 0 saturated carbocycles. The van der Waals surface area contributed by atoms with Crippen molar-refractivity contribution in [2.24, 2.45) is 4.99 Å². The smallest absolute Gasteiger partial charge is 0.363 e. The Morgan fingerprint density at radius 2 is 2.00 bits per heavy atom. The first kappa shape index (κ1) is 16.4. The van der Waals surface area contributed by atoms with Crippen LogP contribution in [0.15, 0.2) is 59.2 Å². The molecule has 0 atom stereocenters. The first-order valence-electron chi connectivity index (χ1n) is 7.53. The molecule has 0 unspecified atom stereocenters. The van der Waals surface area contributed by atoms with Crippen LogP contribution in [-0.2, 0) is 20.7 Å². The first-order valence-corrected chi connectivity index (χ1v) is 7.53.